The van der Waals surface area contributed by atoms with E-state index in [2.05, 4.69) is 4.98 Å². The first-order chi connectivity index (χ1) is 12.9. The van der Waals surface area contributed by atoms with E-state index >= 15 is 0 Å². The number of hydrogen-bond acceptors (Lipinski definition) is 8. The third kappa shape index (κ3) is 3.98. The van der Waals surface area contributed by atoms with Crippen molar-refractivity contribution in [3.05, 3.63) is 33.1 Å². The van der Waals surface area contributed by atoms with Gasteiger partial charge in [0.05, 0.1) is 19.3 Å². The van der Waals surface area contributed by atoms with Crippen molar-refractivity contribution in [2.24, 2.45) is 5.92 Å². The maximum Gasteiger partial charge on any atom is 0.330 e. The molecule has 3 rings (SSSR count). The lowest BCUT2D eigenvalue weighted by Gasteiger charge is -2.23. The molecule has 0 aromatic carbocycles. The fraction of sp³-hybridized carbons (Fsp3) is 0.750. The Morgan fingerprint density at radius 2 is 2.04 bits per heavy atom. The molecule has 0 radical (unpaired) electrons. The van der Waals surface area contributed by atoms with Gasteiger partial charge in [0, 0.05) is 30.9 Å². The summed E-state index contributed by atoms with van der Waals surface area (Å²) >= 11 is 5.66. The molecule has 1 saturated heterocycles. The number of H-pyrrole nitrogens is 1. The zero-order valence-corrected chi connectivity index (χ0v) is 17.2. The largest absolute Gasteiger partial charge is 0.387 e. The number of nitrogens with zero attached hydrogens (tertiary/aromatic N) is 1. The number of nitrogens with one attached hydrogen (secondary N) is 1. The predicted octanol–water partition coefficient (Wildman–Crippen LogP) is 0.581. The molecule has 152 valence electrons. The monoisotopic (exact) mass is 420 g/mol. The Hall–Kier alpha value is -0.870. The van der Waals surface area contributed by atoms with Crippen molar-refractivity contribution >= 4 is 18.3 Å². The van der Waals surface area contributed by atoms with Crippen molar-refractivity contribution in [3.63, 3.8) is 0 Å². The van der Waals surface area contributed by atoms with E-state index in [9.17, 15) is 14.7 Å². The molecule has 0 spiro atoms. The second-order valence-corrected chi connectivity index (χ2v) is 10.3. The van der Waals surface area contributed by atoms with Crippen LogP contribution in [0.25, 0.3) is 0 Å². The summed E-state index contributed by atoms with van der Waals surface area (Å²) in [5.41, 5.74) is -1.13. The summed E-state index contributed by atoms with van der Waals surface area (Å²) in [7, 11) is 1.44. The summed E-state index contributed by atoms with van der Waals surface area (Å²) in [6.07, 6.45) is -1.05. The third-order valence-corrected chi connectivity index (χ3v) is 8.99. The lowest BCUT2D eigenvalue weighted by Crippen LogP contribution is -2.38. The van der Waals surface area contributed by atoms with E-state index in [-0.39, 0.29) is 11.6 Å². The molecule has 27 heavy (non-hydrogen) atoms. The van der Waals surface area contributed by atoms with Crippen LogP contribution in [-0.4, -0.2) is 59.0 Å². The highest BCUT2D eigenvalue weighted by molar-refractivity contribution is 8.10. The number of rotatable bonds is 8. The van der Waals surface area contributed by atoms with E-state index < -0.39 is 42.3 Å². The Kier molecular flexibility index (Phi) is 6.37. The lowest BCUT2D eigenvalue weighted by atomic mass is 10.1. The molecule has 6 atom stereocenters. The highest BCUT2D eigenvalue weighted by Gasteiger charge is 2.60. The van der Waals surface area contributed by atoms with Gasteiger partial charge < -0.3 is 23.6 Å². The van der Waals surface area contributed by atoms with E-state index in [4.69, 9.17) is 30.3 Å². The first kappa shape index (κ1) is 20.9. The molecule has 2 heterocycles. The van der Waals surface area contributed by atoms with Gasteiger partial charge in [0.2, 0.25) is 0 Å². The first-order valence-corrected chi connectivity index (χ1v) is 11.6. The molecule has 1 aromatic heterocycles. The van der Waals surface area contributed by atoms with E-state index in [0.717, 1.165) is 6.42 Å². The standard InChI is InChI=1S/C16H25N2O7PS/c1-4-23-26(27,24-5-2)10-8-9(10)13-12(20)14(22-3)15(25-13)18-7-6-11(19)17-16(18)21/h6-7,9-10,12-15,20H,4-5,8H2,1-3H3,(H,17,19,21)/t9?,10?,12?,13-,14?,15-/m1/s1. The highest BCUT2D eigenvalue weighted by Crippen LogP contribution is 2.67. The van der Waals surface area contributed by atoms with Gasteiger partial charge in [0.15, 0.2) is 12.7 Å². The van der Waals surface area contributed by atoms with Crippen LogP contribution in [0.3, 0.4) is 0 Å². The molecule has 4 unspecified atom stereocenters. The fourth-order valence-corrected chi connectivity index (χ4v) is 7.32. The summed E-state index contributed by atoms with van der Waals surface area (Å²) in [6, 6.07) is 1.22. The number of ether oxygens (including phenoxy) is 2. The van der Waals surface area contributed by atoms with Crippen molar-refractivity contribution in [2.45, 2.75) is 50.5 Å². The molecule has 1 saturated carbocycles. The highest BCUT2D eigenvalue weighted by atomic mass is 32.5. The van der Waals surface area contributed by atoms with Gasteiger partial charge in [-0.3, -0.25) is 14.3 Å². The summed E-state index contributed by atoms with van der Waals surface area (Å²) in [5, 5.41) is 10.7. The molecule has 0 amide bonds. The zero-order chi connectivity index (χ0) is 19.8. The lowest BCUT2D eigenvalue weighted by molar-refractivity contribution is -0.0572. The Labute approximate surface area is 161 Å². The zero-order valence-electron chi connectivity index (χ0n) is 15.4. The van der Waals surface area contributed by atoms with Crippen LogP contribution in [0.2, 0.25) is 0 Å². The van der Waals surface area contributed by atoms with Crippen LogP contribution < -0.4 is 11.2 Å². The summed E-state index contributed by atoms with van der Waals surface area (Å²) < 4.78 is 24.1. The average Bonchev–Trinajstić information content (AvgIpc) is 3.34. The molecule has 0 bridgehead atoms. The van der Waals surface area contributed by atoms with Crippen LogP contribution in [0.1, 0.15) is 26.5 Å². The van der Waals surface area contributed by atoms with Gasteiger partial charge in [0.25, 0.3) is 5.56 Å². The van der Waals surface area contributed by atoms with Gasteiger partial charge in [-0.2, -0.15) is 0 Å². The number of aliphatic hydroxyl groups is 1. The van der Waals surface area contributed by atoms with E-state index in [1.165, 1.54) is 23.9 Å². The normalized spacial score (nSPS) is 33.3. The second kappa shape index (κ2) is 8.24. The van der Waals surface area contributed by atoms with Crippen LogP contribution in [0.5, 0.6) is 0 Å². The first-order valence-electron chi connectivity index (χ1n) is 8.92. The summed E-state index contributed by atoms with van der Waals surface area (Å²) in [6.45, 7) is 2.21. The van der Waals surface area contributed by atoms with Crippen molar-refractivity contribution in [1.29, 1.82) is 0 Å². The minimum Gasteiger partial charge on any atom is -0.387 e. The molecule has 1 aliphatic carbocycles. The van der Waals surface area contributed by atoms with E-state index in [0.29, 0.717) is 13.2 Å². The van der Waals surface area contributed by atoms with Crippen molar-refractivity contribution in [1.82, 2.24) is 9.55 Å². The van der Waals surface area contributed by atoms with Gasteiger partial charge in [-0.25, -0.2) is 4.79 Å². The molecule has 1 aliphatic heterocycles. The Balaban J connectivity index is 1.81. The number of aromatic nitrogens is 2. The molecule has 2 N–H and O–H groups in total. The molecule has 11 heteroatoms. The van der Waals surface area contributed by atoms with Crippen LogP contribution in [-0.2, 0) is 30.3 Å². The van der Waals surface area contributed by atoms with Crippen LogP contribution >= 0.6 is 6.49 Å². The Morgan fingerprint density at radius 3 is 2.59 bits per heavy atom. The average molecular weight is 420 g/mol. The number of hydrogen-bond donors (Lipinski definition) is 2. The number of methoxy groups -OCH3 is 1. The summed E-state index contributed by atoms with van der Waals surface area (Å²) in [4.78, 5) is 25.6. The minimum absolute atomic E-state index is 0.00407. The quantitative estimate of drug-likeness (QED) is 0.588. The second-order valence-electron chi connectivity index (χ2n) is 6.54. The Morgan fingerprint density at radius 1 is 1.37 bits per heavy atom. The maximum atomic E-state index is 12.1. The van der Waals surface area contributed by atoms with Gasteiger partial charge in [-0.15, -0.1) is 0 Å². The molecular formula is C16H25N2O7PS. The molecule has 2 fully saturated rings. The minimum atomic E-state index is -2.47. The van der Waals surface area contributed by atoms with Crippen LogP contribution in [0, 0.1) is 5.92 Å². The van der Waals surface area contributed by atoms with E-state index in [1.807, 2.05) is 13.8 Å². The fourth-order valence-electron chi connectivity index (χ4n) is 3.64. The van der Waals surface area contributed by atoms with Gasteiger partial charge in [-0.05, 0) is 32.1 Å². The number of aromatic amines is 1. The van der Waals surface area contributed by atoms with Crippen molar-refractivity contribution < 1.29 is 23.6 Å². The van der Waals surface area contributed by atoms with Crippen molar-refractivity contribution in [2.75, 3.05) is 20.3 Å². The third-order valence-electron chi connectivity index (χ3n) is 4.90. The van der Waals surface area contributed by atoms with Gasteiger partial charge in [0.1, 0.15) is 12.2 Å². The molecule has 1 aromatic rings. The smallest absolute Gasteiger partial charge is 0.330 e. The SMILES string of the molecule is CCOP(=S)(OCC)C1CC1[C@H]1O[C@@H](n2ccc(=O)[nH]c2=O)C(OC)C1O. The molecular weight excluding hydrogens is 395 g/mol. The molecule has 2 aliphatic rings. The summed E-state index contributed by atoms with van der Waals surface area (Å²) in [5.74, 6) is -0.0370. The predicted molar refractivity (Wildman–Crippen MR) is 101 cm³/mol. The Bertz CT molecular complexity index is 817. The molecule has 9 nitrogen and oxygen atoms in total. The van der Waals surface area contributed by atoms with Crippen molar-refractivity contribution in [3.8, 4) is 0 Å². The topological polar surface area (TPSA) is 112 Å². The van der Waals surface area contributed by atoms with Gasteiger partial charge in [-0.1, -0.05) is 0 Å². The van der Waals surface area contributed by atoms with Crippen LogP contribution in [0.4, 0.5) is 0 Å². The maximum absolute atomic E-state index is 12.1. The number of aliphatic hydroxyl groups excluding tert-OH is 1. The van der Waals surface area contributed by atoms with E-state index in [1.54, 1.807) is 0 Å². The van der Waals surface area contributed by atoms with Crippen LogP contribution in [0.15, 0.2) is 21.9 Å². The van der Waals surface area contributed by atoms with Gasteiger partial charge >= 0.3 is 5.69 Å².